The second-order valence-electron chi connectivity index (χ2n) is 20.6. The first-order valence-corrected chi connectivity index (χ1v) is 24.5. The number of imidazole rings is 1. The number of carbonyl (C=O) groups is 3. The van der Waals surface area contributed by atoms with Gasteiger partial charge in [0.2, 0.25) is 11.8 Å². The number of aromatic nitrogens is 3. The lowest BCUT2D eigenvalue weighted by Gasteiger charge is -2.49. The van der Waals surface area contributed by atoms with Gasteiger partial charge in [-0.15, -0.1) is 0 Å². The van der Waals surface area contributed by atoms with Gasteiger partial charge < -0.3 is 29.9 Å². The summed E-state index contributed by atoms with van der Waals surface area (Å²) in [6.45, 7) is 14.7. The summed E-state index contributed by atoms with van der Waals surface area (Å²) < 4.78 is 17.8. The molecule has 5 aliphatic rings. The molecule has 13 heteroatoms. The molecule has 4 aromatic rings. The van der Waals surface area contributed by atoms with E-state index in [-0.39, 0.29) is 41.5 Å². The van der Waals surface area contributed by atoms with E-state index in [0.29, 0.717) is 60.1 Å². The Balaban J connectivity index is 1.03. The average molecular weight is 871 g/mol. The minimum Gasteiger partial charge on any atom is -0.350 e. The lowest BCUT2D eigenvalue weighted by Crippen LogP contribution is -2.59. The summed E-state index contributed by atoms with van der Waals surface area (Å²) in [6, 6.07) is 11.8. The van der Waals surface area contributed by atoms with Crippen LogP contribution in [0.1, 0.15) is 146 Å². The molecule has 2 aromatic heterocycles. The summed E-state index contributed by atoms with van der Waals surface area (Å²) in [6.07, 6.45) is 17.3. The Morgan fingerprint density at radius 1 is 0.891 bits per heavy atom. The van der Waals surface area contributed by atoms with Crippen LogP contribution in [0.3, 0.4) is 0 Å². The van der Waals surface area contributed by atoms with Gasteiger partial charge in [-0.1, -0.05) is 75.1 Å². The molecule has 2 N–H and O–H groups in total. The highest BCUT2D eigenvalue weighted by Crippen LogP contribution is 2.52. The van der Waals surface area contributed by atoms with Crippen molar-refractivity contribution in [3.8, 4) is 11.3 Å². The number of rotatable bonds is 10. The molecule has 2 saturated heterocycles. The van der Waals surface area contributed by atoms with Crippen molar-refractivity contribution in [1.29, 1.82) is 0 Å². The number of piperidine rings is 2. The fraction of sp³-hybridized carbons (Fsp3) is 0.588. The van der Waals surface area contributed by atoms with E-state index in [1.54, 1.807) is 26.2 Å². The predicted octanol–water partition coefficient (Wildman–Crippen LogP) is 9.62. The van der Waals surface area contributed by atoms with Gasteiger partial charge >= 0.3 is 0 Å². The van der Waals surface area contributed by atoms with Gasteiger partial charge in [-0.25, -0.2) is 14.4 Å². The molecule has 64 heavy (non-hydrogen) atoms. The fourth-order valence-corrected chi connectivity index (χ4v) is 11.9. The van der Waals surface area contributed by atoms with Crippen LogP contribution >= 0.6 is 0 Å². The van der Waals surface area contributed by atoms with Crippen LogP contribution in [0, 0.1) is 12.7 Å². The van der Waals surface area contributed by atoms with Crippen molar-refractivity contribution in [3.63, 3.8) is 0 Å². The van der Waals surface area contributed by atoms with Crippen molar-refractivity contribution in [2.45, 2.75) is 166 Å². The van der Waals surface area contributed by atoms with Crippen LogP contribution < -0.4 is 15.5 Å². The number of nitrogens with zero attached hydrogens (tertiary/aromatic N) is 6. The molecule has 1 atom stereocenters. The SMILES string of the molecule is CC(=O)N1CCC2(CC1)C(=O)N(C1CC(N3CCCC(BC4CCCCCCC4)C3)C1)c1cc(-c3cc4ncn(C(C)C)c4c(Nc4cc(C(=O)NC(C)C)c(C)cc4F)n3)ccc12. The number of nitrogens with one attached hydrogen (secondary N) is 2. The van der Waals surface area contributed by atoms with E-state index in [1.165, 1.54) is 77.7 Å². The molecular weight excluding hydrogens is 802 g/mol. The smallest absolute Gasteiger partial charge is 0.251 e. The number of halogens is 1. The van der Waals surface area contributed by atoms with E-state index in [4.69, 9.17) is 9.97 Å². The Morgan fingerprint density at radius 3 is 2.31 bits per heavy atom. The van der Waals surface area contributed by atoms with E-state index < -0.39 is 11.2 Å². The highest BCUT2D eigenvalue weighted by atomic mass is 19.1. The standard InChI is InChI=1S/C51H68BFN8O3/c1-31(2)55-49(63)40-27-44(42(53)23-33(40)5)57-48-47-45(54-30-60(47)32(3)4)28-43(56-48)35-16-17-41-46(24-35)61(50(64)51(41)18-21-58(22-19-51)34(6)62)39-25-38(26-39)59-20-12-15-37(29-59)52-36-13-10-8-7-9-11-14-36/h16-17,23-24,27-28,30-32,36-39,52H,7-15,18-22,25-26,29H2,1-6H3,(H,55,63)(H,56,57). The Labute approximate surface area is 379 Å². The van der Waals surface area contributed by atoms with Crippen LogP contribution in [0.5, 0.6) is 0 Å². The summed E-state index contributed by atoms with van der Waals surface area (Å²) in [7, 11) is 1.37. The Kier molecular flexibility index (Phi) is 12.7. The summed E-state index contributed by atoms with van der Waals surface area (Å²) in [5, 5.41) is 6.22. The van der Waals surface area contributed by atoms with E-state index in [1.807, 2.05) is 29.4 Å². The van der Waals surface area contributed by atoms with Crippen molar-refractivity contribution in [2.75, 3.05) is 36.4 Å². The maximum atomic E-state index is 15.8. The number of anilines is 3. The number of fused-ring (bicyclic) bond motifs is 3. The molecule has 11 nitrogen and oxygen atoms in total. The molecule has 5 heterocycles. The quantitative estimate of drug-likeness (QED) is 0.153. The number of hydrogen-bond acceptors (Lipinski definition) is 7. The number of benzene rings is 2. The molecule has 2 saturated carbocycles. The topological polar surface area (TPSA) is 116 Å². The molecule has 0 bridgehead atoms. The van der Waals surface area contributed by atoms with Crippen molar-refractivity contribution in [1.82, 2.24) is 29.7 Å². The molecule has 340 valence electrons. The van der Waals surface area contributed by atoms with Gasteiger partial charge in [-0.05, 0) is 115 Å². The Morgan fingerprint density at radius 2 is 1.61 bits per heavy atom. The first kappa shape index (κ1) is 44.4. The summed E-state index contributed by atoms with van der Waals surface area (Å²) in [4.78, 5) is 57.5. The lowest BCUT2D eigenvalue weighted by molar-refractivity contribution is -0.134. The monoisotopic (exact) mass is 871 g/mol. The molecule has 0 radical (unpaired) electrons. The number of likely N-dealkylation sites (tertiary alicyclic amines) is 2. The number of pyridine rings is 1. The van der Waals surface area contributed by atoms with Crippen molar-refractivity contribution in [3.05, 3.63) is 65.2 Å². The summed E-state index contributed by atoms with van der Waals surface area (Å²) in [5.74, 6) is 1.54. The first-order chi connectivity index (χ1) is 30.8. The maximum absolute atomic E-state index is 15.8. The van der Waals surface area contributed by atoms with Gasteiger partial charge in [-0.2, -0.15) is 0 Å². The van der Waals surface area contributed by atoms with Crippen molar-refractivity contribution >= 4 is 53.2 Å². The van der Waals surface area contributed by atoms with Crippen LogP contribution in [0.15, 0.2) is 42.7 Å². The summed E-state index contributed by atoms with van der Waals surface area (Å²) in [5.41, 5.74) is 5.29. The highest BCUT2D eigenvalue weighted by Gasteiger charge is 2.56. The van der Waals surface area contributed by atoms with E-state index in [2.05, 4.69) is 52.5 Å². The number of hydrogen-bond donors (Lipinski definition) is 2. The highest BCUT2D eigenvalue weighted by molar-refractivity contribution is 6.39. The van der Waals surface area contributed by atoms with E-state index in [9.17, 15) is 9.59 Å². The van der Waals surface area contributed by atoms with Gasteiger partial charge in [0.15, 0.2) is 5.82 Å². The minimum atomic E-state index is -0.679. The number of carbonyl (C=O) groups excluding carboxylic acids is 3. The van der Waals surface area contributed by atoms with Gasteiger partial charge in [0.05, 0.1) is 28.6 Å². The molecule has 1 spiro atoms. The van der Waals surface area contributed by atoms with Crippen LogP contribution in [0.4, 0.5) is 21.6 Å². The molecule has 4 fully saturated rings. The van der Waals surface area contributed by atoms with Gasteiger partial charge in [0.1, 0.15) is 18.6 Å². The van der Waals surface area contributed by atoms with Crippen LogP contribution in [-0.2, 0) is 15.0 Å². The zero-order valence-electron chi connectivity index (χ0n) is 39.0. The zero-order chi connectivity index (χ0) is 44.9. The Hall–Kier alpha value is -4.78. The van der Waals surface area contributed by atoms with Crippen LogP contribution in [0.2, 0.25) is 11.6 Å². The van der Waals surface area contributed by atoms with Gasteiger partial charge in [-0.3, -0.25) is 14.4 Å². The van der Waals surface area contributed by atoms with Crippen LogP contribution in [0.25, 0.3) is 22.3 Å². The predicted molar refractivity (Wildman–Crippen MR) is 256 cm³/mol. The third-order valence-corrected chi connectivity index (χ3v) is 15.5. The van der Waals surface area contributed by atoms with Gasteiger partial charge in [0.25, 0.3) is 5.91 Å². The molecule has 2 aromatic carbocycles. The van der Waals surface area contributed by atoms with Crippen molar-refractivity contribution < 1.29 is 18.8 Å². The molecule has 9 rings (SSSR count). The third-order valence-electron chi connectivity index (χ3n) is 15.5. The lowest BCUT2D eigenvalue weighted by atomic mass is 9.50. The third kappa shape index (κ3) is 8.58. The zero-order valence-corrected chi connectivity index (χ0v) is 39.0. The summed E-state index contributed by atoms with van der Waals surface area (Å²) >= 11 is 0. The number of amides is 3. The second-order valence-corrected chi connectivity index (χ2v) is 20.6. The molecule has 1 unspecified atom stereocenters. The second kappa shape index (κ2) is 18.2. The molecule has 3 amide bonds. The molecule has 3 aliphatic heterocycles. The molecule has 2 aliphatic carbocycles. The largest absolute Gasteiger partial charge is 0.350 e. The van der Waals surface area contributed by atoms with E-state index in [0.717, 1.165) is 53.4 Å². The van der Waals surface area contributed by atoms with Crippen molar-refractivity contribution in [2.24, 2.45) is 0 Å². The first-order valence-electron chi connectivity index (χ1n) is 24.5. The van der Waals surface area contributed by atoms with Crippen LogP contribution in [-0.4, -0.2) is 93.6 Å². The fourth-order valence-electron chi connectivity index (χ4n) is 11.9. The normalized spacial score (nSPS) is 23.0. The minimum absolute atomic E-state index is 0.0480. The number of aryl methyl sites for hydroxylation is 1. The Bertz CT molecular complexity index is 2390. The molecular formula is C51H68BFN8O3. The van der Waals surface area contributed by atoms with E-state index >= 15 is 9.18 Å². The maximum Gasteiger partial charge on any atom is 0.251 e. The average Bonchev–Trinajstić information content (AvgIpc) is 3.77. The van der Waals surface area contributed by atoms with Gasteiger partial charge in [0, 0.05) is 61.0 Å².